The van der Waals surface area contributed by atoms with Crippen molar-refractivity contribution in [1.82, 2.24) is 5.32 Å². The van der Waals surface area contributed by atoms with Crippen molar-refractivity contribution >= 4 is 20.6 Å². The highest BCUT2D eigenvalue weighted by Gasteiger charge is 2.25. The third-order valence-electron chi connectivity index (χ3n) is 1.84. The van der Waals surface area contributed by atoms with Crippen molar-refractivity contribution in [2.45, 2.75) is 40.2 Å². The van der Waals surface area contributed by atoms with Crippen molar-refractivity contribution in [3.8, 4) is 6.07 Å². The average molecular weight is 272 g/mol. The summed E-state index contributed by atoms with van der Waals surface area (Å²) in [6, 6.07) is 2.18. The molecule has 0 aromatic carbocycles. The first-order valence-electron chi connectivity index (χ1n) is 4.74. The zero-order valence-corrected chi connectivity index (χ0v) is 11.5. The van der Waals surface area contributed by atoms with Crippen LogP contribution in [0.2, 0.25) is 0 Å². The molecular formula is C11H18BrN3. The third kappa shape index (κ3) is 4.98. The first-order valence-corrected chi connectivity index (χ1v) is 5.53. The van der Waals surface area contributed by atoms with E-state index in [0.29, 0.717) is 5.57 Å². The van der Waals surface area contributed by atoms with Gasteiger partial charge in [-0.3, -0.25) is 5.41 Å². The minimum atomic E-state index is -0.668. The summed E-state index contributed by atoms with van der Waals surface area (Å²) in [5, 5.41) is 19.7. The normalized spacial score (nSPS) is 13.3. The lowest BCUT2D eigenvalue weighted by Gasteiger charge is -2.23. The molecule has 0 aromatic rings. The highest BCUT2D eigenvalue weighted by atomic mass is 79.9. The third-order valence-corrected chi connectivity index (χ3v) is 2.27. The van der Waals surface area contributed by atoms with Gasteiger partial charge < -0.3 is 5.32 Å². The molecule has 0 unspecified atom stereocenters. The Labute approximate surface area is 100 Å². The van der Waals surface area contributed by atoms with Gasteiger partial charge in [-0.1, -0.05) is 0 Å². The van der Waals surface area contributed by atoms with Gasteiger partial charge in [-0.25, -0.2) is 0 Å². The molecule has 0 spiro atoms. The Kier molecular flexibility index (Phi) is 4.54. The molecule has 0 radical (unpaired) electrons. The first kappa shape index (κ1) is 14.2. The second-order valence-electron chi connectivity index (χ2n) is 5.00. The second-order valence-corrected chi connectivity index (χ2v) is 5.80. The molecule has 0 saturated heterocycles. The molecule has 0 saturated carbocycles. The number of hydrogen-bond acceptors (Lipinski definition) is 3. The zero-order valence-electron chi connectivity index (χ0n) is 9.90. The van der Waals surface area contributed by atoms with Gasteiger partial charge in [0.1, 0.15) is 4.62 Å². The van der Waals surface area contributed by atoms with E-state index in [-0.39, 0.29) is 10.2 Å². The maximum Gasteiger partial charge on any atom is 0.103 e. The van der Waals surface area contributed by atoms with Gasteiger partial charge in [-0.05, 0) is 50.5 Å². The van der Waals surface area contributed by atoms with Gasteiger partial charge >= 0.3 is 0 Å². The van der Waals surface area contributed by atoms with Gasteiger partial charge in [-0.15, -0.1) is 0 Å². The quantitative estimate of drug-likeness (QED) is 0.775. The standard InChI is InChI=1S/C11H18BrN3/c1-10(2,3)15-6-8(9(12)14)11(4,5)7-13/h6,14-15H,1-5H3/b8-6+,14-9?. The van der Waals surface area contributed by atoms with Crippen LogP contribution in [-0.2, 0) is 0 Å². The van der Waals surface area contributed by atoms with Crippen LogP contribution in [0.5, 0.6) is 0 Å². The summed E-state index contributed by atoms with van der Waals surface area (Å²) in [4.78, 5) is 0. The lowest BCUT2D eigenvalue weighted by Crippen LogP contribution is -2.33. The number of halogens is 1. The van der Waals surface area contributed by atoms with Gasteiger partial charge in [0.05, 0.1) is 11.5 Å². The van der Waals surface area contributed by atoms with Crippen LogP contribution in [0.15, 0.2) is 11.8 Å². The van der Waals surface area contributed by atoms with Crippen LogP contribution < -0.4 is 5.32 Å². The molecule has 0 fully saturated rings. The van der Waals surface area contributed by atoms with E-state index in [9.17, 15) is 0 Å². The number of nitriles is 1. The summed E-state index contributed by atoms with van der Waals surface area (Å²) < 4.78 is 0.241. The number of allylic oxidation sites excluding steroid dienone is 1. The molecule has 0 bridgehead atoms. The maximum atomic E-state index is 9.01. The average Bonchev–Trinajstić information content (AvgIpc) is 2.01. The summed E-state index contributed by atoms with van der Waals surface area (Å²) in [5.41, 5.74) is -0.0853. The van der Waals surface area contributed by atoms with Gasteiger partial charge in [0.2, 0.25) is 0 Å². The fourth-order valence-electron chi connectivity index (χ4n) is 0.867. The predicted molar refractivity (Wildman–Crippen MR) is 67.0 cm³/mol. The SMILES string of the molecule is CC(C)(C)N/C=C(\C(=N)Br)C(C)(C)C#N. The van der Waals surface area contributed by atoms with Gasteiger partial charge in [0.25, 0.3) is 0 Å². The fraction of sp³-hybridized carbons (Fsp3) is 0.636. The zero-order chi connectivity index (χ0) is 12.3. The number of nitrogens with zero attached hydrogens (tertiary/aromatic N) is 1. The Morgan fingerprint density at radius 2 is 1.80 bits per heavy atom. The van der Waals surface area contributed by atoms with E-state index in [1.54, 1.807) is 20.0 Å². The Morgan fingerprint density at radius 1 is 1.33 bits per heavy atom. The van der Waals surface area contributed by atoms with Crippen molar-refractivity contribution < 1.29 is 0 Å². The van der Waals surface area contributed by atoms with E-state index < -0.39 is 5.41 Å². The topological polar surface area (TPSA) is 59.7 Å². The molecule has 15 heavy (non-hydrogen) atoms. The molecule has 0 heterocycles. The number of rotatable bonds is 3. The summed E-state index contributed by atoms with van der Waals surface area (Å²) in [6.07, 6.45) is 1.74. The molecule has 0 atom stereocenters. The smallest absolute Gasteiger partial charge is 0.103 e. The lowest BCUT2D eigenvalue weighted by molar-refractivity contribution is 0.484. The summed E-state index contributed by atoms with van der Waals surface area (Å²) in [6.45, 7) is 9.66. The predicted octanol–water partition coefficient (Wildman–Crippen LogP) is 3.18. The van der Waals surface area contributed by atoms with E-state index in [0.717, 1.165) is 0 Å². The van der Waals surface area contributed by atoms with E-state index in [1.807, 2.05) is 20.8 Å². The van der Waals surface area contributed by atoms with Crippen LogP contribution >= 0.6 is 15.9 Å². The van der Waals surface area contributed by atoms with Crippen molar-refractivity contribution in [3.63, 3.8) is 0 Å². The van der Waals surface area contributed by atoms with Crippen LogP contribution in [-0.4, -0.2) is 10.2 Å². The molecule has 0 rings (SSSR count). The Balaban J connectivity index is 5.03. The van der Waals surface area contributed by atoms with Gasteiger partial charge in [-0.2, -0.15) is 5.26 Å². The number of hydrogen-bond donors (Lipinski definition) is 2. The van der Waals surface area contributed by atoms with Crippen molar-refractivity contribution in [2.24, 2.45) is 5.41 Å². The maximum absolute atomic E-state index is 9.01. The number of nitrogens with one attached hydrogen (secondary N) is 2. The Bertz CT molecular complexity index is 316. The highest BCUT2D eigenvalue weighted by Crippen LogP contribution is 2.27. The van der Waals surface area contributed by atoms with E-state index in [2.05, 4.69) is 27.3 Å². The first-order chi connectivity index (χ1) is 6.60. The van der Waals surface area contributed by atoms with Crippen molar-refractivity contribution in [1.29, 1.82) is 10.7 Å². The molecule has 0 aromatic heterocycles. The molecule has 84 valence electrons. The van der Waals surface area contributed by atoms with E-state index in [1.165, 1.54) is 0 Å². The van der Waals surface area contributed by atoms with Crippen LogP contribution in [0.3, 0.4) is 0 Å². The van der Waals surface area contributed by atoms with E-state index in [4.69, 9.17) is 10.7 Å². The molecule has 2 N–H and O–H groups in total. The Morgan fingerprint density at radius 3 is 2.07 bits per heavy atom. The lowest BCUT2D eigenvalue weighted by atomic mass is 9.87. The minimum Gasteiger partial charge on any atom is -0.386 e. The molecule has 0 amide bonds. The Hall–Kier alpha value is -0.820. The molecule has 0 aliphatic heterocycles. The second kappa shape index (κ2) is 4.80. The van der Waals surface area contributed by atoms with E-state index >= 15 is 0 Å². The minimum absolute atomic E-state index is 0.0702. The summed E-state index contributed by atoms with van der Waals surface area (Å²) in [7, 11) is 0. The summed E-state index contributed by atoms with van der Waals surface area (Å²) in [5.74, 6) is 0. The fourth-order valence-corrected chi connectivity index (χ4v) is 1.48. The largest absolute Gasteiger partial charge is 0.386 e. The van der Waals surface area contributed by atoms with Crippen LogP contribution in [0, 0.1) is 22.2 Å². The monoisotopic (exact) mass is 271 g/mol. The van der Waals surface area contributed by atoms with Gasteiger partial charge in [0.15, 0.2) is 0 Å². The molecule has 0 aliphatic carbocycles. The van der Waals surface area contributed by atoms with Crippen molar-refractivity contribution in [3.05, 3.63) is 11.8 Å². The summed E-state index contributed by atoms with van der Waals surface area (Å²) >= 11 is 3.11. The van der Waals surface area contributed by atoms with Crippen LogP contribution in [0.1, 0.15) is 34.6 Å². The molecule has 0 aliphatic rings. The molecular weight excluding hydrogens is 254 g/mol. The van der Waals surface area contributed by atoms with Gasteiger partial charge in [0, 0.05) is 17.3 Å². The highest BCUT2D eigenvalue weighted by molar-refractivity contribution is 9.18. The van der Waals surface area contributed by atoms with Crippen LogP contribution in [0.4, 0.5) is 0 Å². The van der Waals surface area contributed by atoms with Crippen LogP contribution in [0.25, 0.3) is 0 Å². The van der Waals surface area contributed by atoms with Crippen molar-refractivity contribution in [2.75, 3.05) is 0 Å². The molecule has 3 nitrogen and oxygen atoms in total. The molecule has 4 heteroatoms.